The Labute approximate surface area is 181 Å². The molecule has 7 nitrogen and oxygen atoms in total. The number of hydrogen-bond acceptors (Lipinski definition) is 4. The van der Waals surface area contributed by atoms with Crippen LogP contribution in [0.25, 0.3) is 11.0 Å². The molecule has 0 spiro atoms. The minimum atomic E-state index is -0.0269. The SMILES string of the molecule is Cc1ccc(C(=O)N2CCCCC2N2CCC(n3c(=O)[nH]c4ccccc43)CC2)cn1. The van der Waals surface area contributed by atoms with E-state index in [4.69, 9.17) is 0 Å². The number of carbonyl (C=O) groups excluding carboxylic acids is 1. The largest absolute Gasteiger partial charge is 0.326 e. The molecule has 7 heteroatoms. The molecule has 0 aliphatic carbocycles. The number of pyridine rings is 1. The molecule has 1 amide bonds. The molecular formula is C24H29N5O2. The average molecular weight is 420 g/mol. The number of fused-ring (bicyclic) bond motifs is 1. The number of aryl methyl sites for hydroxylation is 1. The molecule has 4 heterocycles. The molecule has 2 aliphatic rings. The lowest BCUT2D eigenvalue weighted by Gasteiger charge is -2.45. The second-order valence-corrected chi connectivity index (χ2v) is 8.75. The van der Waals surface area contributed by atoms with Gasteiger partial charge in [-0.25, -0.2) is 4.79 Å². The quantitative estimate of drug-likeness (QED) is 0.707. The highest BCUT2D eigenvalue weighted by Crippen LogP contribution is 2.30. The van der Waals surface area contributed by atoms with Gasteiger partial charge in [0.2, 0.25) is 0 Å². The van der Waals surface area contributed by atoms with Crippen LogP contribution in [0.5, 0.6) is 0 Å². The molecule has 3 aromatic rings. The maximum Gasteiger partial charge on any atom is 0.326 e. The van der Waals surface area contributed by atoms with Gasteiger partial charge in [-0.2, -0.15) is 0 Å². The summed E-state index contributed by atoms with van der Waals surface area (Å²) in [6.07, 6.45) is 6.83. The fourth-order valence-electron chi connectivity index (χ4n) is 5.17. The van der Waals surface area contributed by atoms with Gasteiger partial charge in [-0.15, -0.1) is 0 Å². The summed E-state index contributed by atoms with van der Waals surface area (Å²) in [6.45, 7) is 4.49. The van der Waals surface area contributed by atoms with E-state index in [2.05, 4.69) is 14.9 Å². The van der Waals surface area contributed by atoms with Gasteiger partial charge in [0.1, 0.15) is 0 Å². The van der Waals surface area contributed by atoms with Crippen LogP contribution in [0.1, 0.15) is 54.2 Å². The third kappa shape index (κ3) is 3.78. The molecule has 162 valence electrons. The Balaban J connectivity index is 1.31. The second kappa shape index (κ2) is 8.30. The van der Waals surface area contributed by atoms with Crippen molar-refractivity contribution in [2.24, 2.45) is 0 Å². The first-order valence-electron chi connectivity index (χ1n) is 11.3. The van der Waals surface area contributed by atoms with Crippen molar-refractivity contribution >= 4 is 16.9 Å². The van der Waals surface area contributed by atoms with Gasteiger partial charge >= 0.3 is 5.69 Å². The van der Waals surface area contributed by atoms with E-state index in [1.807, 2.05) is 52.8 Å². The van der Waals surface area contributed by atoms with Crippen LogP contribution in [0.2, 0.25) is 0 Å². The van der Waals surface area contributed by atoms with Crippen LogP contribution in [0.4, 0.5) is 0 Å². The fourth-order valence-corrected chi connectivity index (χ4v) is 5.17. The normalized spacial score (nSPS) is 20.9. The van der Waals surface area contributed by atoms with Crippen LogP contribution in [0, 0.1) is 6.92 Å². The Morgan fingerprint density at radius 3 is 2.61 bits per heavy atom. The number of nitrogens with zero attached hydrogens (tertiary/aromatic N) is 4. The number of hydrogen-bond donors (Lipinski definition) is 1. The lowest BCUT2D eigenvalue weighted by molar-refractivity contribution is 0.00118. The lowest BCUT2D eigenvalue weighted by Crippen LogP contribution is -2.55. The Bertz CT molecular complexity index is 1120. The molecular weight excluding hydrogens is 390 g/mol. The topological polar surface area (TPSA) is 74.2 Å². The first-order valence-corrected chi connectivity index (χ1v) is 11.3. The number of aromatic amines is 1. The number of carbonyl (C=O) groups is 1. The van der Waals surface area contributed by atoms with Gasteiger partial charge in [-0.3, -0.25) is 19.2 Å². The molecule has 2 fully saturated rings. The number of para-hydroxylation sites is 2. The smallest absolute Gasteiger partial charge is 0.323 e. The maximum absolute atomic E-state index is 13.2. The van der Waals surface area contributed by atoms with Crippen LogP contribution in [0.15, 0.2) is 47.4 Å². The zero-order valence-corrected chi connectivity index (χ0v) is 18.0. The van der Waals surface area contributed by atoms with Crippen LogP contribution in [-0.4, -0.2) is 56.0 Å². The molecule has 1 atom stereocenters. The zero-order chi connectivity index (χ0) is 21.4. The molecule has 0 saturated carbocycles. The number of imidazole rings is 1. The first-order chi connectivity index (χ1) is 15.1. The van der Waals surface area contributed by atoms with Gasteiger partial charge in [-0.1, -0.05) is 12.1 Å². The number of rotatable bonds is 3. The minimum Gasteiger partial charge on any atom is -0.323 e. The van der Waals surface area contributed by atoms with Gasteiger partial charge in [-0.05, 0) is 63.3 Å². The summed E-state index contributed by atoms with van der Waals surface area (Å²) < 4.78 is 1.93. The summed E-state index contributed by atoms with van der Waals surface area (Å²) in [7, 11) is 0. The summed E-state index contributed by atoms with van der Waals surface area (Å²) in [6, 6.07) is 11.9. The molecule has 2 aliphatic heterocycles. The van der Waals surface area contributed by atoms with E-state index in [9.17, 15) is 9.59 Å². The van der Waals surface area contributed by atoms with Crippen molar-refractivity contribution in [3.8, 4) is 0 Å². The standard InChI is InChI=1S/C24H29N5O2/c1-17-9-10-18(16-25-17)23(30)28-13-5-4-8-22(28)27-14-11-19(12-15-27)29-21-7-3-2-6-20(21)26-24(29)31/h2-3,6-7,9-10,16,19,22H,4-5,8,11-15H2,1H3,(H,26,31). The van der Waals surface area contributed by atoms with Gasteiger partial charge in [0.25, 0.3) is 5.91 Å². The highest BCUT2D eigenvalue weighted by atomic mass is 16.2. The van der Waals surface area contributed by atoms with E-state index in [1.165, 1.54) is 0 Å². The molecule has 1 N–H and O–H groups in total. The summed E-state index contributed by atoms with van der Waals surface area (Å²) >= 11 is 0. The van der Waals surface area contributed by atoms with E-state index < -0.39 is 0 Å². The number of amides is 1. The van der Waals surface area contributed by atoms with Crippen molar-refractivity contribution in [3.63, 3.8) is 0 Å². The van der Waals surface area contributed by atoms with Crippen molar-refractivity contribution in [3.05, 3.63) is 64.3 Å². The fraction of sp³-hybridized carbons (Fsp3) is 0.458. The van der Waals surface area contributed by atoms with Crippen LogP contribution < -0.4 is 5.69 Å². The van der Waals surface area contributed by atoms with Crippen molar-refractivity contribution < 1.29 is 4.79 Å². The van der Waals surface area contributed by atoms with Gasteiger partial charge < -0.3 is 9.88 Å². The van der Waals surface area contributed by atoms with E-state index in [1.54, 1.807) is 6.20 Å². The number of aromatic nitrogens is 3. The van der Waals surface area contributed by atoms with Gasteiger partial charge in [0.05, 0.1) is 22.8 Å². The van der Waals surface area contributed by atoms with E-state index in [-0.39, 0.29) is 23.8 Å². The maximum atomic E-state index is 13.2. The average Bonchev–Trinajstić information content (AvgIpc) is 3.15. The zero-order valence-electron chi connectivity index (χ0n) is 18.0. The lowest BCUT2D eigenvalue weighted by atomic mass is 9.99. The monoisotopic (exact) mass is 419 g/mol. The molecule has 0 bridgehead atoms. The number of piperidine rings is 2. The number of H-pyrrole nitrogens is 1. The molecule has 31 heavy (non-hydrogen) atoms. The Morgan fingerprint density at radius 2 is 1.84 bits per heavy atom. The summed E-state index contributed by atoms with van der Waals surface area (Å²) in [5.41, 5.74) is 3.43. The third-order valence-corrected chi connectivity index (χ3v) is 6.80. The molecule has 0 radical (unpaired) electrons. The number of likely N-dealkylation sites (tertiary alicyclic amines) is 2. The van der Waals surface area contributed by atoms with Crippen LogP contribution in [0.3, 0.4) is 0 Å². The molecule has 1 aromatic carbocycles. The van der Waals surface area contributed by atoms with Crippen molar-refractivity contribution in [2.45, 2.75) is 51.2 Å². The predicted octanol–water partition coefficient (Wildman–Crippen LogP) is 3.32. The Morgan fingerprint density at radius 1 is 1.03 bits per heavy atom. The van der Waals surface area contributed by atoms with E-state index in [0.717, 1.165) is 68.5 Å². The second-order valence-electron chi connectivity index (χ2n) is 8.75. The number of benzene rings is 1. The molecule has 5 rings (SSSR count). The Kier molecular flexibility index (Phi) is 5.36. The molecule has 1 unspecified atom stereocenters. The molecule has 2 aromatic heterocycles. The van der Waals surface area contributed by atoms with E-state index in [0.29, 0.717) is 5.56 Å². The van der Waals surface area contributed by atoms with Crippen LogP contribution >= 0.6 is 0 Å². The highest BCUT2D eigenvalue weighted by Gasteiger charge is 2.34. The minimum absolute atomic E-state index is 0.0269. The van der Waals surface area contributed by atoms with Crippen molar-refractivity contribution in [2.75, 3.05) is 19.6 Å². The van der Waals surface area contributed by atoms with E-state index >= 15 is 0 Å². The predicted molar refractivity (Wildman–Crippen MR) is 120 cm³/mol. The van der Waals surface area contributed by atoms with Crippen molar-refractivity contribution in [1.82, 2.24) is 24.3 Å². The van der Waals surface area contributed by atoms with Gasteiger partial charge in [0.15, 0.2) is 0 Å². The summed E-state index contributed by atoms with van der Waals surface area (Å²) in [5, 5.41) is 0. The van der Waals surface area contributed by atoms with Gasteiger partial charge in [0, 0.05) is 37.6 Å². The van der Waals surface area contributed by atoms with Crippen molar-refractivity contribution in [1.29, 1.82) is 0 Å². The highest BCUT2D eigenvalue weighted by molar-refractivity contribution is 5.94. The summed E-state index contributed by atoms with van der Waals surface area (Å²) in [5.74, 6) is 0.0761. The first kappa shape index (κ1) is 20.0. The van der Waals surface area contributed by atoms with Crippen LogP contribution in [-0.2, 0) is 0 Å². The Hall–Kier alpha value is -2.93. The molecule has 2 saturated heterocycles. The number of nitrogens with one attached hydrogen (secondary N) is 1. The third-order valence-electron chi connectivity index (χ3n) is 6.80. The summed E-state index contributed by atoms with van der Waals surface area (Å²) in [4.78, 5) is 37.6.